The summed E-state index contributed by atoms with van der Waals surface area (Å²) in [6, 6.07) is 14.8. The van der Waals surface area contributed by atoms with Crippen LogP contribution in [0.1, 0.15) is 15.9 Å². The first-order valence-electron chi connectivity index (χ1n) is 9.87. The first-order valence-corrected chi connectivity index (χ1v) is 13.6. The Labute approximate surface area is 208 Å². The van der Waals surface area contributed by atoms with Gasteiger partial charge in [0.15, 0.2) is 0 Å². The second-order valence-electron chi connectivity index (χ2n) is 7.13. The third kappa shape index (κ3) is 6.48. The number of halogens is 4. The van der Waals surface area contributed by atoms with Crippen LogP contribution in [0, 0.1) is 0 Å². The van der Waals surface area contributed by atoms with Gasteiger partial charge >= 0.3 is 6.18 Å². The molecule has 0 unspecified atom stereocenters. The summed E-state index contributed by atoms with van der Waals surface area (Å²) in [5.41, 5.74) is -1.22. The second-order valence-corrected chi connectivity index (χ2v) is 11.7. The van der Waals surface area contributed by atoms with E-state index in [1.807, 2.05) is 4.72 Å². The highest BCUT2D eigenvalue weighted by Gasteiger charge is 2.38. The molecule has 7 nitrogen and oxygen atoms in total. The Balaban J connectivity index is 1.83. The molecule has 3 rings (SSSR count). The van der Waals surface area contributed by atoms with Crippen molar-refractivity contribution in [2.24, 2.45) is 0 Å². The molecule has 13 heteroatoms. The Kier molecular flexibility index (Phi) is 8.04. The molecule has 3 aromatic rings. The van der Waals surface area contributed by atoms with Crippen LogP contribution in [0.4, 0.5) is 13.2 Å². The molecule has 0 saturated carbocycles. The topological polar surface area (TPSA) is 109 Å². The van der Waals surface area contributed by atoms with E-state index in [0.29, 0.717) is 23.8 Å². The number of amides is 1. The molecule has 0 aromatic heterocycles. The Bertz CT molecular complexity index is 1430. The average Bonchev–Trinajstić information content (AvgIpc) is 2.81. The second kappa shape index (κ2) is 10.5. The van der Waals surface area contributed by atoms with Gasteiger partial charge in [0.2, 0.25) is 19.9 Å². The van der Waals surface area contributed by atoms with Gasteiger partial charge in [-0.2, -0.15) is 13.2 Å². The van der Waals surface area contributed by atoms with Crippen molar-refractivity contribution < 1.29 is 34.8 Å². The molecule has 1 amide bonds. The van der Waals surface area contributed by atoms with Gasteiger partial charge in [0, 0.05) is 23.1 Å². The molecule has 0 aliphatic rings. The van der Waals surface area contributed by atoms with E-state index in [2.05, 4.69) is 21.2 Å². The van der Waals surface area contributed by atoms with Gasteiger partial charge in [0.1, 0.15) is 0 Å². The van der Waals surface area contributed by atoms with Gasteiger partial charge in [-0.15, -0.1) is 0 Å². The SMILES string of the molecule is O=C(NCCNS(=O)(=O)c1cc(S(=O)(=O)c2ccccc2)ccc1C(F)(F)F)c1ccc(Br)cc1. The highest BCUT2D eigenvalue weighted by molar-refractivity contribution is 9.10. The van der Waals surface area contributed by atoms with Crippen molar-refractivity contribution in [2.45, 2.75) is 20.9 Å². The lowest BCUT2D eigenvalue weighted by Gasteiger charge is -2.16. The zero-order valence-corrected chi connectivity index (χ0v) is 20.9. The van der Waals surface area contributed by atoms with Crippen molar-refractivity contribution >= 4 is 41.7 Å². The minimum Gasteiger partial charge on any atom is -0.351 e. The molecule has 0 radical (unpaired) electrons. The van der Waals surface area contributed by atoms with Crippen molar-refractivity contribution in [2.75, 3.05) is 13.1 Å². The van der Waals surface area contributed by atoms with Crippen molar-refractivity contribution in [3.05, 3.63) is 88.4 Å². The van der Waals surface area contributed by atoms with E-state index in [4.69, 9.17) is 0 Å². The van der Waals surface area contributed by atoms with E-state index >= 15 is 0 Å². The van der Waals surface area contributed by atoms with E-state index in [0.717, 1.165) is 4.47 Å². The zero-order chi connectivity index (χ0) is 25.9. The molecule has 0 heterocycles. The molecular formula is C22H18BrF3N2O5S2. The van der Waals surface area contributed by atoms with Gasteiger partial charge in [0.25, 0.3) is 5.91 Å². The summed E-state index contributed by atoms with van der Waals surface area (Å²) in [6.45, 7) is -0.658. The van der Waals surface area contributed by atoms with Crippen LogP contribution in [0.2, 0.25) is 0 Å². The van der Waals surface area contributed by atoms with Crippen LogP contribution >= 0.6 is 15.9 Å². The predicted molar refractivity (Wildman–Crippen MR) is 125 cm³/mol. The molecular weight excluding hydrogens is 573 g/mol. The van der Waals surface area contributed by atoms with Crippen LogP contribution in [-0.2, 0) is 26.0 Å². The van der Waals surface area contributed by atoms with Gasteiger partial charge in [-0.05, 0) is 54.6 Å². The molecule has 2 N–H and O–H groups in total. The van der Waals surface area contributed by atoms with Crippen molar-refractivity contribution in [3.8, 4) is 0 Å². The highest BCUT2D eigenvalue weighted by atomic mass is 79.9. The first-order chi connectivity index (χ1) is 16.3. The third-order valence-electron chi connectivity index (χ3n) is 4.72. The fourth-order valence-corrected chi connectivity index (χ4v) is 5.93. The lowest BCUT2D eigenvalue weighted by molar-refractivity contribution is -0.139. The number of hydrogen-bond acceptors (Lipinski definition) is 5. The number of hydrogen-bond donors (Lipinski definition) is 2. The van der Waals surface area contributed by atoms with Gasteiger partial charge in [-0.3, -0.25) is 4.79 Å². The summed E-state index contributed by atoms with van der Waals surface area (Å²) in [7, 11) is -9.07. The van der Waals surface area contributed by atoms with Crippen LogP contribution in [-0.4, -0.2) is 35.8 Å². The molecule has 0 fully saturated rings. The lowest BCUT2D eigenvalue weighted by Crippen LogP contribution is -2.35. The maximum Gasteiger partial charge on any atom is 0.417 e. The number of rotatable bonds is 8. The summed E-state index contributed by atoms with van der Waals surface area (Å²) in [6.07, 6.45) is -5.06. The Hall–Kier alpha value is -2.74. The fraction of sp³-hybridized carbons (Fsp3) is 0.136. The standard InChI is InChI=1S/C22H18BrF3N2O5S2/c23-16-8-6-15(7-9-16)21(29)27-12-13-28-35(32,33)20-14-18(10-11-19(20)22(24,25)26)34(30,31)17-4-2-1-3-5-17/h1-11,14,28H,12-13H2,(H,27,29). The van der Waals surface area contributed by atoms with E-state index in [1.165, 1.54) is 36.4 Å². The number of alkyl halides is 3. The van der Waals surface area contributed by atoms with E-state index in [9.17, 15) is 34.8 Å². The Morgan fingerprint density at radius 3 is 2.06 bits per heavy atom. The Morgan fingerprint density at radius 1 is 0.829 bits per heavy atom. The number of sulfone groups is 1. The molecule has 3 aromatic carbocycles. The van der Waals surface area contributed by atoms with Crippen molar-refractivity contribution in [1.29, 1.82) is 0 Å². The molecule has 0 bridgehead atoms. The van der Waals surface area contributed by atoms with Gasteiger partial charge < -0.3 is 5.32 Å². The largest absolute Gasteiger partial charge is 0.417 e. The highest BCUT2D eigenvalue weighted by Crippen LogP contribution is 2.36. The van der Waals surface area contributed by atoms with Crippen molar-refractivity contribution in [3.63, 3.8) is 0 Å². The molecule has 0 atom stereocenters. The monoisotopic (exact) mass is 590 g/mol. The molecule has 35 heavy (non-hydrogen) atoms. The van der Waals surface area contributed by atoms with Gasteiger partial charge in [0.05, 0.1) is 20.2 Å². The minimum atomic E-state index is -5.06. The van der Waals surface area contributed by atoms with E-state index < -0.39 is 53.8 Å². The van der Waals surface area contributed by atoms with E-state index in [-0.39, 0.29) is 11.4 Å². The van der Waals surface area contributed by atoms with E-state index in [1.54, 1.807) is 18.2 Å². The molecule has 0 saturated heterocycles. The number of benzene rings is 3. The van der Waals surface area contributed by atoms with Crippen molar-refractivity contribution in [1.82, 2.24) is 10.0 Å². The molecule has 0 aliphatic carbocycles. The summed E-state index contributed by atoms with van der Waals surface area (Å²) in [5, 5.41) is 2.45. The normalized spacial score (nSPS) is 12.3. The average molecular weight is 591 g/mol. The van der Waals surface area contributed by atoms with Crippen LogP contribution in [0.25, 0.3) is 0 Å². The lowest BCUT2D eigenvalue weighted by atomic mass is 10.2. The first kappa shape index (κ1) is 26.9. The third-order valence-corrected chi connectivity index (χ3v) is 8.52. The van der Waals surface area contributed by atoms with Gasteiger partial charge in [-0.1, -0.05) is 34.1 Å². The van der Waals surface area contributed by atoms with Crippen LogP contribution in [0.15, 0.2) is 92.0 Å². The minimum absolute atomic E-state index is 0.202. The summed E-state index contributed by atoms with van der Waals surface area (Å²) >= 11 is 3.23. The smallest absolute Gasteiger partial charge is 0.351 e. The van der Waals surface area contributed by atoms with Crippen LogP contribution in [0.3, 0.4) is 0 Å². The molecule has 0 aliphatic heterocycles. The molecule has 0 spiro atoms. The quantitative estimate of drug-likeness (QED) is 0.385. The van der Waals surface area contributed by atoms with Gasteiger partial charge in [-0.25, -0.2) is 21.6 Å². The summed E-state index contributed by atoms with van der Waals surface area (Å²) in [5.74, 6) is -0.511. The summed E-state index contributed by atoms with van der Waals surface area (Å²) < 4.78 is 94.5. The number of carbonyl (C=O) groups is 1. The van der Waals surface area contributed by atoms with Crippen LogP contribution < -0.4 is 10.0 Å². The van der Waals surface area contributed by atoms with Crippen LogP contribution in [0.5, 0.6) is 0 Å². The zero-order valence-electron chi connectivity index (χ0n) is 17.7. The number of nitrogens with one attached hydrogen (secondary N) is 2. The fourth-order valence-electron chi connectivity index (χ4n) is 3.00. The predicted octanol–water partition coefficient (Wildman–Crippen LogP) is 4.01. The summed E-state index contributed by atoms with van der Waals surface area (Å²) in [4.78, 5) is 10.1. The number of carbonyl (C=O) groups excluding carboxylic acids is 1. The molecule has 186 valence electrons. The number of sulfonamides is 1. The maximum atomic E-state index is 13.5. The maximum absolute atomic E-state index is 13.5. The Morgan fingerprint density at radius 2 is 1.46 bits per heavy atom.